The number of carboxylic acids is 1. The second-order valence-corrected chi connectivity index (χ2v) is 11.1. The summed E-state index contributed by atoms with van der Waals surface area (Å²) in [5.41, 5.74) is 8.82. The quantitative estimate of drug-likeness (QED) is 0.316. The van der Waals surface area contributed by atoms with E-state index >= 15 is 0 Å². The monoisotopic (exact) mass is 574 g/mol. The van der Waals surface area contributed by atoms with E-state index in [2.05, 4.69) is 24.3 Å². The molecule has 1 heterocycles. The molecule has 0 spiro atoms. The van der Waals surface area contributed by atoms with Crippen LogP contribution < -0.4 is 0 Å². The smallest absolute Gasteiger partial charge is 0.410 e. The van der Waals surface area contributed by atoms with Crippen molar-refractivity contribution < 1.29 is 29.0 Å². The molecule has 8 heteroatoms. The minimum atomic E-state index is -1.25. The van der Waals surface area contributed by atoms with E-state index in [1.165, 1.54) is 9.80 Å². The summed E-state index contributed by atoms with van der Waals surface area (Å²) in [4.78, 5) is 41.1. The normalized spacial score (nSPS) is 17.1. The van der Waals surface area contributed by atoms with E-state index in [0.29, 0.717) is 0 Å². The lowest BCUT2D eigenvalue weighted by atomic mass is 9.98. The molecule has 1 saturated heterocycles. The van der Waals surface area contributed by atoms with Crippen LogP contribution in [0.4, 0.5) is 9.59 Å². The van der Waals surface area contributed by atoms with Crippen LogP contribution in [0.25, 0.3) is 22.3 Å². The van der Waals surface area contributed by atoms with Crippen LogP contribution in [0.2, 0.25) is 0 Å². The average molecular weight is 575 g/mol. The fraction of sp³-hybridized carbons (Fsp3) is 0.229. The zero-order chi connectivity index (χ0) is 29.5. The highest BCUT2D eigenvalue weighted by Crippen LogP contribution is 2.45. The molecule has 1 atom stereocenters. The second kappa shape index (κ2) is 10.9. The van der Waals surface area contributed by atoms with E-state index in [1.54, 1.807) is 0 Å². The van der Waals surface area contributed by atoms with Gasteiger partial charge >= 0.3 is 18.2 Å². The largest absolute Gasteiger partial charge is 0.480 e. The molecule has 0 radical (unpaired) electrons. The lowest BCUT2D eigenvalue weighted by Crippen LogP contribution is -2.59. The van der Waals surface area contributed by atoms with Crippen molar-refractivity contribution >= 4 is 18.2 Å². The van der Waals surface area contributed by atoms with Crippen LogP contribution in [-0.4, -0.2) is 72.0 Å². The molecule has 1 N–H and O–H groups in total. The van der Waals surface area contributed by atoms with E-state index < -0.39 is 24.2 Å². The Labute approximate surface area is 249 Å². The van der Waals surface area contributed by atoms with E-state index in [-0.39, 0.29) is 44.7 Å². The van der Waals surface area contributed by atoms with Crippen LogP contribution >= 0.6 is 0 Å². The van der Waals surface area contributed by atoms with Crippen LogP contribution in [0.5, 0.6) is 0 Å². The number of hydrogen-bond donors (Lipinski definition) is 1. The van der Waals surface area contributed by atoms with Gasteiger partial charge in [0.25, 0.3) is 0 Å². The van der Waals surface area contributed by atoms with E-state index in [1.807, 2.05) is 72.8 Å². The summed E-state index contributed by atoms with van der Waals surface area (Å²) in [6.07, 6.45) is -1.30. The Kier molecular flexibility index (Phi) is 6.81. The van der Waals surface area contributed by atoms with Gasteiger partial charge in [-0.25, -0.2) is 14.4 Å². The standard InChI is InChI=1S/C35H30N2O6/c38-33(39)32-19-36(34(40)42-20-30-26-13-5-1-9-22(26)23-10-2-6-14-27(23)30)17-18-37(32)35(41)43-21-31-28-15-7-3-11-24(28)25-12-4-8-16-29(25)31/h1-16,30-32H,17-21H2,(H,38,39)/t32-/m0/s1. The number of rotatable bonds is 5. The Bertz CT molecular complexity index is 1640. The number of hydrogen-bond acceptors (Lipinski definition) is 5. The summed E-state index contributed by atoms with van der Waals surface area (Å²) in [6.45, 7) is 0.210. The number of carbonyl (C=O) groups excluding carboxylic acids is 2. The summed E-state index contributed by atoms with van der Waals surface area (Å²) >= 11 is 0. The third-order valence-corrected chi connectivity index (χ3v) is 8.83. The average Bonchev–Trinajstić information content (AvgIpc) is 3.54. The van der Waals surface area contributed by atoms with Gasteiger partial charge in [0.05, 0.1) is 6.54 Å². The summed E-state index contributed by atoms with van der Waals surface area (Å²) < 4.78 is 11.5. The fourth-order valence-electron chi connectivity index (χ4n) is 6.74. The van der Waals surface area contributed by atoms with Gasteiger partial charge in [-0.05, 0) is 44.5 Å². The van der Waals surface area contributed by atoms with Gasteiger partial charge in [-0.2, -0.15) is 0 Å². The van der Waals surface area contributed by atoms with E-state index in [4.69, 9.17) is 9.47 Å². The minimum absolute atomic E-state index is 0.0256. The van der Waals surface area contributed by atoms with Crippen LogP contribution in [0.1, 0.15) is 34.1 Å². The molecule has 2 aliphatic carbocycles. The highest BCUT2D eigenvalue weighted by molar-refractivity contribution is 5.83. The number of nitrogens with zero attached hydrogens (tertiary/aromatic N) is 2. The van der Waals surface area contributed by atoms with Crippen molar-refractivity contribution in [1.29, 1.82) is 0 Å². The van der Waals surface area contributed by atoms with Gasteiger partial charge in [0.1, 0.15) is 13.2 Å². The minimum Gasteiger partial charge on any atom is -0.480 e. The number of piperazine rings is 1. The summed E-state index contributed by atoms with van der Waals surface area (Å²) in [5, 5.41) is 9.99. The Hall–Kier alpha value is -5.11. The molecule has 0 saturated carbocycles. The molecule has 1 aliphatic heterocycles. The van der Waals surface area contributed by atoms with Gasteiger partial charge < -0.3 is 19.5 Å². The molecule has 7 rings (SSSR count). The molecule has 3 aliphatic rings. The predicted molar refractivity (Wildman–Crippen MR) is 160 cm³/mol. The van der Waals surface area contributed by atoms with Crippen molar-refractivity contribution in [2.24, 2.45) is 0 Å². The fourth-order valence-corrected chi connectivity index (χ4v) is 6.74. The summed E-state index contributed by atoms with van der Waals surface area (Å²) in [5.74, 6) is -1.44. The third kappa shape index (κ3) is 4.69. The van der Waals surface area contributed by atoms with Crippen molar-refractivity contribution in [1.82, 2.24) is 9.80 Å². The molecule has 43 heavy (non-hydrogen) atoms. The lowest BCUT2D eigenvalue weighted by Gasteiger charge is -2.38. The third-order valence-electron chi connectivity index (χ3n) is 8.83. The Balaban J connectivity index is 0.998. The SMILES string of the molecule is O=C(O)[C@@H]1CN(C(=O)OCC2c3ccccc3-c3ccccc32)CCN1C(=O)OCC1c2ccccc2-c2ccccc21. The zero-order valence-electron chi connectivity index (χ0n) is 23.4. The number of amides is 2. The van der Waals surface area contributed by atoms with Gasteiger partial charge in [-0.3, -0.25) is 4.90 Å². The van der Waals surface area contributed by atoms with Gasteiger partial charge in [-0.1, -0.05) is 97.1 Å². The summed E-state index contributed by atoms with van der Waals surface area (Å²) in [7, 11) is 0. The maximum absolute atomic E-state index is 13.2. The number of aliphatic carboxylic acids is 1. The van der Waals surface area contributed by atoms with E-state index in [9.17, 15) is 19.5 Å². The molecule has 4 aromatic carbocycles. The zero-order valence-corrected chi connectivity index (χ0v) is 23.4. The van der Waals surface area contributed by atoms with Gasteiger partial charge in [0.15, 0.2) is 6.04 Å². The van der Waals surface area contributed by atoms with E-state index in [0.717, 1.165) is 44.5 Å². The number of carboxylic acid groups (broad SMARTS) is 1. The number of benzene rings is 4. The van der Waals surface area contributed by atoms with Crippen LogP contribution in [0, 0.1) is 0 Å². The maximum Gasteiger partial charge on any atom is 0.410 e. The van der Waals surface area contributed by atoms with Crippen LogP contribution in [-0.2, 0) is 14.3 Å². The number of ether oxygens (including phenoxy) is 2. The van der Waals surface area contributed by atoms with Gasteiger partial charge in [0.2, 0.25) is 0 Å². The molecule has 4 aromatic rings. The van der Waals surface area contributed by atoms with Crippen molar-refractivity contribution in [2.45, 2.75) is 17.9 Å². The van der Waals surface area contributed by atoms with Crippen LogP contribution in [0.3, 0.4) is 0 Å². The highest BCUT2D eigenvalue weighted by atomic mass is 16.6. The van der Waals surface area contributed by atoms with Gasteiger partial charge in [-0.15, -0.1) is 0 Å². The molecule has 216 valence electrons. The van der Waals surface area contributed by atoms with Gasteiger partial charge in [0, 0.05) is 24.9 Å². The van der Waals surface area contributed by atoms with Crippen molar-refractivity contribution in [2.75, 3.05) is 32.8 Å². The second-order valence-electron chi connectivity index (χ2n) is 11.1. The Morgan fingerprint density at radius 1 is 0.605 bits per heavy atom. The van der Waals surface area contributed by atoms with Crippen molar-refractivity contribution in [3.63, 3.8) is 0 Å². The predicted octanol–water partition coefficient (Wildman–Crippen LogP) is 5.96. The molecule has 0 bridgehead atoms. The molecule has 2 amide bonds. The topological polar surface area (TPSA) is 96.4 Å². The molecular weight excluding hydrogens is 544 g/mol. The first-order chi connectivity index (χ1) is 21.0. The lowest BCUT2D eigenvalue weighted by molar-refractivity contribution is -0.144. The van der Waals surface area contributed by atoms with Crippen molar-refractivity contribution in [3.05, 3.63) is 119 Å². The molecule has 1 fully saturated rings. The number of carbonyl (C=O) groups is 3. The maximum atomic E-state index is 13.2. The molecule has 0 aromatic heterocycles. The molecule has 0 unspecified atom stereocenters. The highest BCUT2D eigenvalue weighted by Gasteiger charge is 2.40. The molecule has 8 nitrogen and oxygen atoms in total. The first kappa shape index (κ1) is 26.8. The van der Waals surface area contributed by atoms with Crippen LogP contribution in [0.15, 0.2) is 97.1 Å². The van der Waals surface area contributed by atoms with Crippen molar-refractivity contribution in [3.8, 4) is 22.3 Å². The Morgan fingerprint density at radius 2 is 1.00 bits per heavy atom. The molecular formula is C35H30N2O6. The first-order valence-corrected chi connectivity index (χ1v) is 14.5. The number of fused-ring (bicyclic) bond motifs is 6. The first-order valence-electron chi connectivity index (χ1n) is 14.5. The summed E-state index contributed by atoms with van der Waals surface area (Å²) in [6, 6.07) is 31.0. The Morgan fingerprint density at radius 3 is 1.42 bits per heavy atom.